The number of nitrogens with zero attached hydrogens (tertiary/aromatic N) is 4. The summed E-state index contributed by atoms with van der Waals surface area (Å²) in [5.74, 6) is -1.94. The molecular weight excluding hydrogens is 438 g/mol. The number of hydrogen-bond acceptors (Lipinski definition) is 6. The van der Waals surface area contributed by atoms with Gasteiger partial charge in [0.15, 0.2) is 0 Å². The van der Waals surface area contributed by atoms with Crippen molar-refractivity contribution in [2.24, 2.45) is 0 Å². The molecule has 0 aliphatic carbocycles. The first-order valence-electron chi connectivity index (χ1n) is 9.94. The van der Waals surface area contributed by atoms with Crippen molar-refractivity contribution < 1.29 is 24.2 Å². The smallest absolute Gasteiger partial charge is 0.372 e. The van der Waals surface area contributed by atoms with Crippen LogP contribution in [0.5, 0.6) is 0 Å². The molecule has 1 aliphatic rings. The summed E-state index contributed by atoms with van der Waals surface area (Å²) < 4.78 is 6.68. The van der Waals surface area contributed by atoms with Crippen LogP contribution < -0.4 is 5.32 Å². The molecule has 0 unspecified atom stereocenters. The molecule has 1 aromatic carbocycles. The predicted octanol–water partition coefficient (Wildman–Crippen LogP) is 2.28. The van der Waals surface area contributed by atoms with Crippen LogP contribution in [-0.4, -0.2) is 68.6 Å². The topological polar surface area (TPSA) is 127 Å². The number of aromatic carboxylic acids is 1. The van der Waals surface area contributed by atoms with E-state index in [1.807, 2.05) is 0 Å². The summed E-state index contributed by atoms with van der Waals surface area (Å²) in [7, 11) is 0. The molecule has 0 saturated carbocycles. The zero-order valence-corrected chi connectivity index (χ0v) is 17.7. The zero-order valence-electron chi connectivity index (χ0n) is 17.0. The first-order valence-corrected chi connectivity index (χ1v) is 10.3. The summed E-state index contributed by atoms with van der Waals surface area (Å²) in [5.41, 5.74) is 1.14. The number of hydrogen-bond donors (Lipinski definition) is 2. The quantitative estimate of drug-likeness (QED) is 0.601. The number of ether oxygens (including phenoxy) is 1. The Balaban J connectivity index is 1.59. The zero-order chi connectivity index (χ0) is 22.7. The fourth-order valence-corrected chi connectivity index (χ4v) is 3.61. The van der Waals surface area contributed by atoms with Crippen LogP contribution in [0.25, 0.3) is 11.0 Å². The molecule has 1 fully saturated rings. The highest BCUT2D eigenvalue weighted by molar-refractivity contribution is 6.30. The average molecular weight is 458 g/mol. The maximum absolute atomic E-state index is 12.9. The molecule has 0 atom stereocenters. The van der Waals surface area contributed by atoms with Crippen LogP contribution in [0, 0.1) is 0 Å². The van der Waals surface area contributed by atoms with E-state index in [0.29, 0.717) is 47.9 Å². The molecule has 166 valence electrons. The van der Waals surface area contributed by atoms with Crippen molar-refractivity contribution in [2.45, 2.75) is 13.0 Å². The molecule has 2 N–H and O–H groups in total. The number of benzene rings is 1. The van der Waals surface area contributed by atoms with E-state index in [2.05, 4.69) is 15.3 Å². The van der Waals surface area contributed by atoms with Gasteiger partial charge in [-0.3, -0.25) is 9.59 Å². The number of carbonyl (C=O) groups is 3. The fourth-order valence-electron chi connectivity index (χ4n) is 3.49. The number of rotatable bonds is 5. The van der Waals surface area contributed by atoms with Gasteiger partial charge in [-0.25, -0.2) is 14.8 Å². The minimum atomic E-state index is -1.28. The molecule has 1 saturated heterocycles. The Bertz CT molecular complexity index is 1170. The SMILES string of the molecule is O=C(Cn1c(C(=O)O)nc2cc(C(=O)N3CCCOCC3)ccc21)Nc1ccc(Cl)cn1. The number of amides is 2. The average Bonchev–Trinajstić information content (AvgIpc) is 2.94. The predicted molar refractivity (Wildman–Crippen MR) is 116 cm³/mol. The Morgan fingerprint density at radius 1 is 1.16 bits per heavy atom. The van der Waals surface area contributed by atoms with Gasteiger partial charge in [0.25, 0.3) is 5.91 Å². The van der Waals surface area contributed by atoms with Crippen LogP contribution in [0.1, 0.15) is 27.4 Å². The van der Waals surface area contributed by atoms with Crippen molar-refractivity contribution in [1.82, 2.24) is 19.4 Å². The number of fused-ring (bicyclic) bond motifs is 1. The molecular formula is C21H20ClN5O5. The molecule has 32 heavy (non-hydrogen) atoms. The van der Waals surface area contributed by atoms with Crippen molar-refractivity contribution in [1.29, 1.82) is 0 Å². The first kappa shape index (κ1) is 21.7. The molecule has 4 rings (SSSR count). The van der Waals surface area contributed by atoms with E-state index in [1.54, 1.807) is 29.2 Å². The molecule has 2 amide bonds. The van der Waals surface area contributed by atoms with Crippen molar-refractivity contribution in [2.75, 3.05) is 31.6 Å². The van der Waals surface area contributed by atoms with Crippen molar-refractivity contribution in [3.8, 4) is 0 Å². The Morgan fingerprint density at radius 2 is 2.00 bits per heavy atom. The monoisotopic (exact) mass is 457 g/mol. The second-order valence-corrected chi connectivity index (χ2v) is 7.63. The lowest BCUT2D eigenvalue weighted by Gasteiger charge is -2.19. The van der Waals surface area contributed by atoms with Crippen LogP contribution in [0.3, 0.4) is 0 Å². The van der Waals surface area contributed by atoms with Gasteiger partial charge in [0.1, 0.15) is 12.4 Å². The number of carbonyl (C=O) groups excluding carboxylic acids is 2. The van der Waals surface area contributed by atoms with E-state index >= 15 is 0 Å². The van der Waals surface area contributed by atoms with E-state index in [1.165, 1.54) is 16.8 Å². The first-order chi connectivity index (χ1) is 15.4. The van der Waals surface area contributed by atoms with Gasteiger partial charge in [-0.2, -0.15) is 0 Å². The minimum Gasteiger partial charge on any atom is -0.475 e. The Kier molecular flexibility index (Phi) is 6.33. The van der Waals surface area contributed by atoms with E-state index in [0.717, 1.165) is 6.42 Å². The Morgan fingerprint density at radius 3 is 2.75 bits per heavy atom. The molecule has 0 radical (unpaired) electrons. The fraction of sp³-hybridized carbons (Fsp3) is 0.286. The van der Waals surface area contributed by atoms with Gasteiger partial charge < -0.3 is 24.6 Å². The number of aromatic nitrogens is 3. The van der Waals surface area contributed by atoms with Gasteiger partial charge in [0.05, 0.1) is 22.7 Å². The third kappa shape index (κ3) is 4.71. The van der Waals surface area contributed by atoms with E-state index in [-0.39, 0.29) is 24.1 Å². The number of pyridine rings is 1. The second-order valence-electron chi connectivity index (χ2n) is 7.20. The molecule has 3 aromatic rings. The Hall–Kier alpha value is -3.50. The maximum atomic E-state index is 12.9. The van der Waals surface area contributed by atoms with Gasteiger partial charge in [0.2, 0.25) is 11.7 Å². The summed E-state index contributed by atoms with van der Waals surface area (Å²) in [6.45, 7) is 1.88. The van der Waals surface area contributed by atoms with Gasteiger partial charge in [-0.05, 0) is 36.8 Å². The summed E-state index contributed by atoms with van der Waals surface area (Å²) in [6.07, 6.45) is 2.14. The van der Waals surface area contributed by atoms with Crippen molar-refractivity contribution >= 4 is 46.2 Å². The lowest BCUT2D eigenvalue weighted by Crippen LogP contribution is -2.33. The van der Waals surface area contributed by atoms with E-state index < -0.39 is 11.9 Å². The minimum absolute atomic E-state index is 0.171. The lowest BCUT2D eigenvalue weighted by atomic mass is 10.1. The Labute approximate surface area is 187 Å². The number of imidazole rings is 1. The lowest BCUT2D eigenvalue weighted by molar-refractivity contribution is -0.116. The van der Waals surface area contributed by atoms with E-state index in [9.17, 15) is 19.5 Å². The van der Waals surface area contributed by atoms with Crippen LogP contribution in [-0.2, 0) is 16.1 Å². The van der Waals surface area contributed by atoms with Gasteiger partial charge in [0, 0.05) is 31.5 Å². The molecule has 3 heterocycles. The molecule has 10 nitrogen and oxygen atoms in total. The molecule has 2 aromatic heterocycles. The number of carboxylic acid groups (broad SMARTS) is 1. The molecule has 1 aliphatic heterocycles. The summed E-state index contributed by atoms with van der Waals surface area (Å²) in [5, 5.41) is 12.6. The van der Waals surface area contributed by atoms with Gasteiger partial charge >= 0.3 is 5.97 Å². The molecule has 11 heteroatoms. The highest BCUT2D eigenvalue weighted by Gasteiger charge is 2.22. The number of halogens is 1. The maximum Gasteiger partial charge on any atom is 0.372 e. The van der Waals surface area contributed by atoms with Crippen LogP contribution in [0.15, 0.2) is 36.5 Å². The van der Waals surface area contributed by atoms with Crippen molar-refractivity contribution in [3.05, 3.63) is 52.9 Å². The summed E-state index contributed by atoms with van der Waals surface area (Å²) in [4.78, 5) is 46.9. The third-order valence-corrected chi connectivity index (χ3v) is 5.22. The summed E-state index contributed by atoms with van der Waals surface area (Å²) in [6, 6.07) is 7.87. The highest BCUT2D eigenvalue weighted by atomic mass is 35.5. The van der Waals surface area contributed by atoms with Crippen molar-refractivity contribution in [3.63, 3.8) is 0 Å². The molecule has 0 bridgehead atoms. The standard InChI is InChI=1S/C21H20ClN5O5/c22-14-3-5-17(23-11-14)25-18(28)12-27-16-4-2-13(10-15(16)24-19(27)21(30)31)20(29)26-6-1-8-32-9-7-26/h2-5,10-11H,1,6-9,12H2,(H,30,31)(H,23,25,28). The van der Waals surface area contributed by atoms with E-state index in [4.69, 9.17) is 16.3 Å². The van der Waals surface area contributed by atoms with Crippen LogP contribution in [0.2, 0.25) is 5.02 Å². The number of nitrogens with one attached hydrogen (secondary N) is 1. The largest absolute Gasteiger partial charge is 0.475 e. The molecule has 0 spiro atoms. The second kappa shape index (κ2) is 9.33. The third-order valence-electron chi connectivity index (χ3n) is 4.99. The van der Waals surface area contributed by atoms with Crippen LogP contribution in [0.4, 0.5) is 5.82 Å². The van der Waals surface area contributed by atoms with Gasteiger partial charge in [-0.15, -0.1) is 0 Å². The number of carboxylic acids is 1. The van der Waals surface area contributed by atoms with Gasteiger partial charge in [-0.1, -0.05) is 11.6 Å². The number of anilines is 1. The summed E-state index contributed by atoms with van der Waals surface area (Å²) >= 11 is 5.79. The highest BCUT2D eigenvalue weighted by Crippen LogP contribution is 2.20. The normalized spacial score (nSPS) is 14.2. The van der Waals surface area contributed by atoms with Crippen LogP contribution >= 0.6 is 11.6 Å².